The number of nitrogens with two attached hydrogens (primary N) is 1. The molecule has 5 heteroatoms. The Hall–Kier alpha value is -1.36. The predicted molar refractivity (Wildman–Crippen MR) is 78.2 cm³/mol. The number of rotatable bonds is 5. The van der Waals surface area contributed by atoms with Gasteiger partial charge >= 0.3 is 0 Å². The molecule has 2 N–H and O–H groups in total. The van der Waals surface area contributed by atoms with Gasteiger partial charge in [-0.3, -0.25) is 0 Å². The van der Waals surface area contributed by atoms with Crippen LogP contribution in [0.1, 0.15) is 6.92 Å². The Balaban J connectivity index is 2.38. The lowest BCUT2D eigenvalue weighted by atomic mass is 10.2. The number of aromatic nitrogens is 2. The minimum atomic E-state index is 0.561. The first-order valence-corrected chi connectivity index (χ1v) is 7.33. The number of ether oxygens (including phenoxy) is 1. The van der Waals surface area contributed by atoms with Gasteiger partial charge in [-0.25, -0.2) is 4.98 Å². The summed E-state index contributed by atoms with van der Waals surface area (Å²) in [6, 6.07) is 5.84. The Morgan fingerprint density at radius 1 is 1.50 bits per heavy atom. The summed E-state index contributed by atoms with van der Waals surface area (Å²) in [5.74, 6) is 3.08. The van der Waals surface area contributed by atoms with E-state index in [2.05, 4.69) is 22.7 Å². The minimum Gasteiger partial charge on any atom is -0.497 e. The van der Waals surface area contributed by atoms with Gasteiger partial charge in [-0.05, 0) is 30.1 Å². The summed E-state index contributed by atoms with van der Waals surface area (Å²) in [6.07, 6.45) is 2.12. The number of benzene rings is 1. The monoisotopic (exact) mass is 265 g/mol. The Bertz CT molecular complexity index is 538. The van der Waals surface area contributed by atoms with Crippen molar-refractivity contribution < 1.29 is 4.74 Å². The van der Waals surface area contributed by atoms with E-state index in [-0.39, 0.29) is 0 Å². The molecule has 0 aliphatic carbocycles. The molecular weight excluding hydrogens is 246 g/mol. The van der Waals surface area contributed by atoms with Gasteiger partial charge in [-0.1, -0.05) is 6.92 Å². The van der Waals surface area contributed by atoms with Crippen LogP contribution >= 0.6 is 11.8 Å². The molecule has 2 aromatic rings. The van der Waals surface area contributed by atoms with Crippen LogP contribution < -0.4 is 10.5 Å². The van der Waals surface area contributed by atoms with Crippen LogP contribution in [0.15, 0.2) is 18.2 Å². The molecule has 0 radical (unpaired) electrons. The molecule has 1 atom stereocenters. The topological polar surface area (TPSA) is 53.1 Å². The fourth-order valence-electron chi connectivity index (χ4n) is 2.09. The van der Waals surface area contributed by atoms with Gasteiger partial charge in [0.1, 0.15) is 5.75 Å². The van der Waals surface area contributed by atoms with E-state index >= 15 is 0 Å². The lowest BCUT2D eigenvalue weighted by Gasteiger charge is -2.13. The third kappa shape index (κ3) is 2.56. The second-order valence-corrected chi connectivity index (χ2v) is 5.41. The highest BCUT2D eigenvalue weighted by Crippen LogP contribution is 2.24. The number of methoxy groups -OCH3 is 1. The summed E-state index contributed by atoms with van der Waals surface area (Å²) >= 11 is 1.85. The summed E-state index contributed by atoms with van der Waals surface area (Å²) in [5.41, 5.74) is 7.96. The number of fused-ring (bicyclic) bond motifs is 1. The van der Waals surface area contributed by atoms with Gasteiger partial charge in [0, 0.05) is 12.6 Å². The van der Waals surface area contributed by atoms with Gasteiger partial charge in [0.05, 0.1) is 18.1 Å². The molecule has 2 rings (SSSR count). The molecule has 4 nitrogen and oxygen atoms in total. The fourth-order valence-corrected chi connectivity index (χ4v) is 2.76. The number of nitrogen functional groups attached to an aromatic ring is 1. The fraction of sp³-hybridized carbons (Fsp3) is 0.462. The predicted octanol–water partition coefficient (Wildman–Crippen LogP) is 2.63. The van der Waals surface area contributed by atoms with Crippen LogP contribution in [-0.4, -0.2) is 28.7 Å². The molecule has 0 saturated heterocycles. The van der Waals surface area contributed by atoms with Crippen molar-refractivity contribution in [3.8, 4) is 5.75 Å². The van der Waals surface area contributed by atoms with Crippen molar-refractivity contribution in [1.29, 1.82) is 0 Å². The van der Waals surface area contributed by atoms with Crippen molar-refractivity contribution in [2.24, 2.45) is 5.92 Å². The highest BCUT2D eigenvalue weighted by molar-refractivity contribution is 7.98. The Morgan fingerprint density at radius 2 is 2.28 bits per heavy atom. The molecule has 18 heavy (non-hydrogen) atoms. The minimum absolute atomic E-state index is 0.561. The quantitative estimate of drug-likeness (QED) is 0.903. The van der Waals surface area contributed by atoms with Crippen LogP contribution in [-0.2, 0) is 6.54 Å². The van der Waals surface area contributed by atoms with E-state index in [4.69, 9.17) is 10.5 Å². The summed E-state index contributed by atoms with van der Waals surface area (Å²) in [6.45, 7) is 3.11. The van der Waals surface area contributed by atoms with Crippen LogP contribution in [0.5, 0.6) is 5.75 Å². The van der Waals surface area contributed by atoms with Crippen molar-refractivity contribution in [2.75, 3.05) is 24.9 Å². The molecule has 98 valence electrons. The summed E-state index contributed by atoms with van der Waals surface area (Å²) in [7, 11) is 1.67. The largest absolute Gasteiger partial charge is 0.497 e. The third-order valence-corrected chi connectivity index (χ3v) is 3.83. The first-order chi connectivity index (χ1) is 8.65. The Labute approximate surface area is 112 Å². The molecule has 1 heterocycles. The first-order valence-electron chi connectivity index (χ1n) is 5.94. The maximum Gasteiger partial charge on any atom is 0.201 e. The zero-order valence-electron chi connectivity index (χ0n) is 11.0. The Morgan fingerprint density at radius 3 is 2.94 bits per heavy atom. The number of nitrogens with zero attached hydrogens (tertiary/aromatic N) is 2. The smallest absolute Gasteiger partial charge is 0.201 e. The molecule has 1 aromatic heterocycles. The highest BCUT2D eigenvalue weighted by Gasteiger charge is 2.11. The van der Waals surface area contributed by atoms with Crippen LogP contribution in [0.3, 0.4) is 0 Å². The SMILES string of the molecule is COc1ccc2nc(N)n(CC(C)CSC)c2c1. The molecule has 1 aromatic carbocycles. The standard InChI is InChI=1S/C13H19N3OS/c1-9(8-18-3)7-16-12-6-10(17-2)4-5-11(12)15-13(16)14/h4-6,9H,7-8H2,1-3H3,(H2,14,15). The van der Waals surface area contributed by atoms with Crippen LogP contribution in [0.4, 0.5) is 5.95 Å². The van der Waals surface area contributed by atoms with Crippen LogP contribution in [0.2, 0.25) is 0 Å². The second-order valence-electron chi connectivity index (χ2n) is 4.50. The number of anilines is 1. The van der Waals surface area contributed by atoms with Crippen molar-refractivity contribution in [1.82, 2.24) is 9.55 Å². The van der Waals surface area contributed by atoms with E-state index in [1.54, 1.807) is 7.11 Å². The van der Waals surface area contributed by atoms with Gasteiger partial charge < -0.3 is 15.0 Å². The number of imidazole rings is 1. The zero-order valence-corrected chi connectivity index (χ0v) is 11.8. The maximum atomic E-state index is 5.99. The van der Waals surface area contributed by atoms with Crippen molar-refractivity contribution in [2.45, 2.75) is 13.5 Å². The molecule has 0 aliphatic heterocycles. The number of hydrogen-bond acceptors (Lipinski definition) is 4. The van der Waals surface area contributed by atoms with Crippen LogP contribution in [0.25, 0.3) is 11.0 Å². The first kappa shape index (κ1) is 13.1. The van der Waals surface area contributed by atoms with Gasteiger partial charge in [0.25, 0.3) is 0 Å². The molecule has 0 fully saturated rings. The normalized spacial score (nSPS) is 12.8. The third-order valence-electron chi connectivity index (χ3n) is 2.93. The summed E-state index contributed by atoms with van der Waals surface area (Å²) in [4.78, 5) is 4.38. The van der Waals surface area contributed by atoms with E-state index < -0.39 is 0 Å². The molecular formula is C13H19N3OS. The van der Waals surface area contributed by atoms with Gasteiger partial charge in [-0.2, -0.15) is 11.8 Å². The highest BCUT2D eigenvalue weighted by atomic mass is 32.2. The molecule has 0 aliphatic rings. The lowest BCUT2D eigenvalue weighted by molar-refractivity contribution is 0.415. The summed E-state index contributed by atoms with van der Waals surface area (Å²) in [5, 5.41) is 0. The Kier molecular flexibility index (Phi) is 4.01. The van der Waals surface area contributed by atoms with Crippen molar-refractivity contribution in [3.63, 3.8) is 0 Å². The number of hydrogen-bond donors (Lipinski definition) is 1. The summed E-state index contributed by atoms with van der Waals surface area (Å²) < 4.78 is 7.32. The second kappa shape index (κ2) is 5.52. The van der Waals surface area contributed by atoms with E-state index in [0.29, 0.717) is 11.9 Å². The molecule has 1 unspecified atom stereocenters. The van der Waals surface area contributed by atoms with E-state index in [1.807, 2.05) is 30.0 Å². The van der Waals surface area contributed by atoms with Crippen molar-refractivity contribution >= 4 is 28.7 Å². The molecule has 0 bridgehead atoms. The maximum absolute atomic E-state index is 5.99. The molecule has 0 amide bonds. The van der Waals surface area contributed by atoms with Crippen LogP contribution in [0, 0.1) is 5.92 Å². The van der Waals surface area contributed by atoms with E-state index in [1.165, 1.54) is 0 Å². The van der Waals surface area contributed by atoms with E-state index in [0.717, 1.165) is 29.1 Å². The average Bonchev–Trinajstić information content (AvgIpc) is 2.65. The number of thioether (sulfide) groups is 1. The average molecular weight is 265 g/mol. The molecule has 0 saturated carbocycles. The zero-order chi connectivity index (χ0) is 13.1. The molecule has 0 spiro atoms. The van der Waals surface area contributed by atoms with Gasteiger partial charge in [-0.15, -0.1) is 0 Å². The van der Waals surface area contributed by atoms with Gasteiger partial charge in [0.15, 0.2) is 0 Å². The van der Waals surface area contributed by atoms with Gasteiger partial charge in [0.2, 0.25) is 5.95 Å². The lowest BCUT2D eigenvalue weighted by Crippen LogP contribution is -2.12. The van der Waals surface area contributed by atoms with E-state index in [9.17, 15) is 0 Å². The van der Waals surface area contributed by atoms with Crippen molar-refractivity contribution in [3.05, 3.63) is 18.2 Å².